The molecule has 0 aromatic carbocycles. The van der Waals surface area contributed by atoms with Crippen LogP contribution in [0.5, 0.6) is 0 Å². The molecule has 5 rings (SSSR count). The van der Waals surface area contributed by atoms with Crippen molar-refractivity contribution in [3.05, 3.63) is 11.6 Å². The Bertz CT molecular complexity index is 943. The van der Waals surface area contributed by atoms with E-state index in [4.69, 9.17) is 4.74 Å². The fourth-order valence-electron chi connectivity index (χ4n) is 11.6. The van der Waals surface area contributed by atoms with Crippen molar-refractivity contribution in [2.45, 2.75) is 140 Å². The summed E-state index contributed by atoms with van der Waals surface area (Å²) in [7, 11) is 0. The van der Waals surface area contributed by atoms with Gasteiger partial charge in [-0.15, -0.1) is 0 Å². The van der Waals surface area contributed by atoms with Crippen molar-refractivity contribution in [1.29, 1.82) is 0 Å². The lowest BCUT2D eigenvalue weighted by molar-refractivity contribution is -0.274. The van der Waals surface area contributed by atoms with E-state index < -0.39 is 0 Å². The van der Waals surface area contributed by atoms with Gasteiger partial charge in [-0.3, -0.25) is 4.79 Å². The SMILES string of the molecule is CC(=O)OC1CCC2C(=CCC3C2(C)CCC2(C)C3(C)CCC3(C)CCC(C)(C)CC32C)C1(C)C. The third-order valence-electron chi connectivity index (χ3n) is 14.2. The number of carbonyl (C=O) groups is 1. The predicted octanol–water partition coefficient (Wildman–Crippen LogP) is 9.13. The lowest BCUT2D eigenvalue weighted by atomic mass is 9.27. The molecule has 0 heterocycles. The van der Waals surface area contributed by atoms with Gasteiger partial charge in [-0.05, 0) is 109 Å². The second-order valence-electron chi connectivity index (χ2n) is 16.4. The molecule has 198 valence electrons. The van der Waals surface area contributed by atoms with Gasteiger partial charge in [0.25, 0.3) is 0 Å². The monoisotopic (exact) mass is 482 g/mol. The zero-order valence-electron chi connectivity index (χ0n) is 24.7. The molecule has 0 aliphatic heterocycles. The van der Waals surface area contributed by atoms with Gasteiger partial charge in [0.2, 0.25) is 0 Å². The number of hydrogen-bond donors (Lipinski definition) is 0. The highest BCUT2D eigenvalue weighted by molar-refractivity contribution is 5.66. The number of fused-ring (bicyclic) bond motifs is 7. The van der Waals surface area contributed by atoms with E-state index in [0.717, 1.165) is 12.3 Å². The lowest BCUT2D eigenvalue weighted by Crippen LogP contribution is -2.69. The van der Waals surface area contributed by atoms with Crippen molar-refractivity contribution in [2.75, 3.05) is 0 Å². The van der Waals surface area contributed by atoms with Crippen LogP contribution < -0.4 is 0 Å². The Kier molecular flexibility index (Phi) is 5.47. The quantitative estimate of drug-likeness (QED) is 0.275. The van der Waals surface area contributed by atoms with Crippen LogP contribution in [0.1, 0.15) is 133 Å². The van der Waals surface area contributed by atoms with E-state index in [2.05, 4.69) is 68.4 Å². The normalized spacial score (nSPS) is 52.2. The summed E-state index contributed by atoms with van der Waals surface area (Å²) in [6.45, 7) is 24.9. The minimum absolute atomic E-state index is 0.0193. The molecule has 2 nitrogen and oxygen atoms in total. The van der Waals surface area contributed by atoms with Crippen molar-refractivity contribution >= 4 is 5.97 Å². The van der Waals surface area contributed by atoms with Gasteiger partial charge >= 0.3 is 5.97 Å². The molecule has 4 saturated carbocycles. The Labute approximate surface area is 216 Å². The van der Waals surface area contributed by atoms with E-state index in [9.17, 15) is 4.79 Å². The zero-order valence-corrected chi connectivity index (χ0v) is 24.7. The fraction of sp³-hybridized carbons (Fsp3) is 0.909. The molecule has 0 amide bonds. The molecular formula is C33H54O2. The lowest BCUT2D eigenvalue weighted by Gasteiger charge is -2.77. The molecule has 0 aromatic heterocycles. The molecule has 0 bridgehead atoms. The summed E-state index contributed by atoms with van der Waals surface area (Å²) < 4.78 is 5.87. The topological polar surface area (TPSA) is 26.3 Å². The predicted molar refractivity (Wildman–Crippen MR) is 145 cm³/mol. The Morgan fingerprint density at radius 3 is 2.14 bits per heavy atom. The summed E-state index contributed by atoms with van der Waals surface area (Å²) in [5.74, 6) is 1.25. The van der Waals surface area contributed by atoms with E-state index >= 15 is 0 Å². The van der Waals surface area contributed by atoms with E-state index in [0.29, 0.717) is 38.4 Å². The van der Waals surface area contributed by atoms with Gasteiger partial charge in [0.15, 0.2) is 0 Å². The van der Waals surface area contributed by atoms with Crippen LogP contribution in [0, 0.1) is 49.7 Å². The van der Waals surface area contributed by atoms with E-state index in [-0.39, 0.29) is 17.5 Å². The van der Waals surface area contributed by atoms with E-state index in [1.54, 1.807) is 12.5 Å². The minimum atomic E-state index is -0.128. The Hall–Kier alpha value is -0.790. The molecule has 2 heteroatoms. The van der Waals surface area contributed by atoms with Crippen LogP contribution in [0.4, 0.5) is 0 Å². The van der Waals surface area contributed by atoms with Crippen LogP contribution in [0.3, 0.4) is 0 Å². The summed E-state index contributed by atoms with van der Waals surface area (Å²) in [4.78, 5) is 11.9. The Morgan fingerprint density at radius 2 is 1.49 bits per heavy atom. The van der Waals surface area contributed by atoms with E-state index in [1.807, 2.05) is 0 Å². The highest BCUT2D eigenvalue weighted by Crippen LogP contribution is 2.81. The molecule has 0 spiro atoms. The van der Waals surface area contributed by atoms with Crippen molar-refractivity contribution in [2.24, 2.45) is 49.7 Å². The number of ether oxygens (including phenoxy) is 1. The number of hydrogen-bond acceptors (Lipinski definition) is 2. The third kappa shape index (κ3) is 3.16. The minimum Gasteiger partial charge on any atom is -0.462 e. The fourth-order valence-corrected chi connectivity index (χ4v) is 11.6. The summed E-state index contributed by atoms with van der Waals surface area (Å²) in [5.41, 5.74) is 3.98. The summed E-state index contributed by atoms with van der Waals surface area (Å²) in [5, 5.41) is 0. The summed E-state index contributed by atoms with van der Waals surface area (Å²) >= 11 is 0. The van der Waals surface area contributed by atoms with Crippen molar-refractivity contribution in [3.8, 4) is 0 Å². The Morgan fingerprint density at radius 1 is 0.829 bits per heavy atom. The van der Waals surface area contributed by atoms with Crippen molar-refractivity contribution < 1.29 is 9.53 Å². The molecule has 8 unspecified atom stereocenters. The van der Waals surface area contributed by atoms with E-state index in [1.165, 1.54) is 57.8 Å². The van der Waals surface area contributed by atoms with Crippen molar-refractivity contribution in [3.63, 3.8) is 0 Å². The van der Waals surface area contributed by atoms with Crippen LogP contribution in [0.2, 0.25) is 0 Å². The molecule has 4 fully saturated rings. The summed E-state index contributed by atoms with van der Waals surface area (Å²) in [6.07, 6.45) is 15.8. The van der Waals surface area contributed by atoms with Crippen LogP contribution in [0.15, 0.2) is 11.6 Å². The smallest absolute Gasteiger partial charge is 0.302 e. The van der Waals surface area contributed by atoms with Gasteiger partial charge in [0, 0.05) is 12.3 Å². The third-order valence-corrected chi connectivity index (χ3v) is 14.2. The van der Waals surface area contributed by atoms with Gasteiger partial charge in [0.1, 0.15) is 6.10 Å². The first-order chi connectivity index (χ1) is 16.0. The van der Waals surface area contributed by atoms with Crippen molar-refractivity contribution in [1.82, 2.24) is 0 Å². The van der Waals surface area contributed by atoms with Crippen LogP contribution in [-0.4, -0.2) is 12.1 Å². The molecular weight excluding hydrogens is 428 g/mol. The molecule has 5 aliphatic rings. The standard InChI is InChI=1S/C33H54O2/c1-22(34)35-26-14-12-24-23(28(26,4)5)11-13-25-30(24,7)18-20-32(9)31(25,8)19-17-29(6)16-15-27(2,3)21-33(29,32)10/h11,24-26H,12-21H2,1-10H3. The number of allylic oxidation sites excluding steroid dienone is 1. The largest absolute Gasteiger partial charge is 0.462 e. The second-order valence-corrected chi connectivity index (χ2v) is 16.4. The molecule has 0 aromatic rings. The number of esters is 1. The molecule has 5 aliphatic carbocycles. The molecule has 0 radical (unpaired) electrons. The number of carbonyl (C=O) groups excluding carboxylic acids is 1. The van der Waals surface area contributed by atoms with Gasteiger partial charge in [-0.1, -0.05) is 74.0 Å². The van der Waals surface area contributed by atoms with Gasteiger partial charge in [0.05, 0.1) is 0 Å². The average Bonchev–Trinajstić information content (AvgIpc) is 2.74. The number of rotatable bonds is 1. The first-order valence-electron chi connectivity index (χ1n) is 14.8. The highest BCUT2D eigenvalue weighted by atomic mass is 16.5. The first kappa shape index (κ1) is 25.8. The Balaban J connectivity index is 1.56. The summed E-state index contributed by atoms with van der Waals surface area (Å²) in [6, 6.07) is 0. The molecule has 0 saturated heterocycles. The molecule has 35 heavy (non-hydrogen) atoms. The average molecular weight is 483 g/mol. The maximum atomic E-state index is 11.9. The second kappa shape index (κ2) is 7.41. The molecule has 8 atom stereocenters. The zero-order chi connectivity index (χ0) is 25.9. The maximum absolute atomic E-state index is 11.9. The van der Waals surface area contributed by atoms with Gasteiger partial charge < -0.3 is 4.74 Å². The highest BCUT2D eigenvalue weighted by Gasteiger charge is 2.73. The van der Waals surface area contributed by atoms with Gasteiger partial charge in [-0.25, -0.2) is 0 Å². The van der Waals surface area contributed by atoms with Crippen LogP contribution >= 0.6 is 0 Å². The van der Waals surface area contributed by atoms with Crippen LogP contribution in [0.25, 0.3) is 0 Å². The first-order valence-corrected chi connectivity index (χ1v) is 14.8. The van der Waals surface area contributed by atoms with Gasteiger partial charge in [-0.2, -0.15) is 0 Å². The maximum Gasteiger partial charge on any atom is 0.302 e. The molecule has 0 N–H and O–H groups in total. The van der Waals surface area contributed by atoms with Crippen LogP contribution in [-0.2, 0) is 9.53 Å².